The van der Waals surface area contributed by atoms with Crippen LogP contribution in [-0.2, 0) is 11.8 Å². The zero-order valence-corrected chi connectivity index (χ0v) is 21.9. The van der Waals surface area contributed by atoms with Gasteiger partial charge in [0.15, 0.2) is 5.65 Å². The molecule has 4 aromatic heterocycles. The van der Waals surface area contributed by atoms with Gasteiger partial charge in [0, 0.05) is 57.4 Å². The molecule has 198 valence electrons. The Kier molecular flexibility index (Phi) is 6.91. The Labute approximate surface area is 220 Å². The van der Waals surface area contributed by atoms with Crippen LogP contribution >= 0.6 is 0 Å². The molecular formula is C26H31N9O3. The van der Waals surface area contributed by atoms with Crippen molar-refractivity contribution < 1.29 is 14.3 Å². The molecule has 0 atom stereocenters. The first kappa shape index (κ1) is 25.5. The van der Waals surface area contributed by atoms with Gasteiger partial charge in [-0.3, -0.25) is 28.6 Å². The van der Waals surface area contributed by atoms with Gasteiger partial charge in [0.25, 0.3) is 11.8 Å². The highest BCUT2D eigenvalue weighted by Crippen LogP contribution is 2.21. The fraction of sp³-hybridized carbons (Fsp3) is 0.385. The molecule has 0 aromatic carbocycles. The minimum Gasteiger partial charge on any atom is -0.373 e. The van der Waals surface area contributed by atoms with Crippen LogP contribution in [0.2, 0.25) is 0 Å². The summed E-state index contributed by atoms with van der Waals surface area (Å²) in [7, 11) is 1.85. The average Bonchev–Trinajstić information content (AvgIpc) is 3.50. The second kappa shape index (κ2) is 10.3. The fourth-order valence-electron chi connectivity index (χ4n) is 4.49. The van der Waals surface area contributed by atoms with Crippen molar-refractivity contribution in [2.75, 3.05) is 38.1 Å². The van der Waals surface area contributed by atoms with E-state index in [1.807, 2.05) is 25.4 Å². The molecule has 12 nitrogen and oxygen atoms in total. The van der Waals surface area contributed by atoms with Gasteiger partial charge in [-0.1, -0.05) is 0 Å². The number of carbonyl (C=O) groups excluding carboxylic acids is 2. The minimum atomic E-state index is -0.455. The van der Waals surface area contributed by atoms with Crippen molar-refractivity contribution in [1.82, 2.24) is 39.6 Å². The summed E-state index contributed by atoms with van der Waals surface area (Å²) >= 11 is 0. The Balaban J connectivity index is 1.24. The van der Waals surface area contributed by atoms with E-state index in [1.165, 1.54) is 6.20 Å². The quantitative estimate of drug-likeness (QED) is 0.380. The van der Waals surface area contributed by atoms with Crippen LogP contribution in [-0.4, -0.2) is 84.5 Å². The topological polar surface area (TPSA) is 132 Å². The number of ether oxygens (including phenoxy) is 1. The van der Waals surface area contributed by atoms with Crippen molar-refractivity contribution in [1.29, 1.82) is 0 Å². The van der Waals surface area contributed by atoms with E-state index >= 15 is 0 Å². The van der Waals surface area contributed by atoms with Crippen LogP contribution in [0.3, 0.4) is 0 Å². The third kappa shape index (κ3) is 5.55. The SMILES string of the molecule is Cc1ncc(C(=O)NCCN2CCOC(C)(C)C2)cc1NC(=O)c1nnc2cc(-c3cnn(C)c3)ccn12. The van der Waals surface area contributed by atoms with E-state index in [1.54, 1.807) is 34.5 Å². The highest BCUT2D eigenvalue weighted by Gasteiger charge is 2.26. The number of hydrogen-bond acceptors (Lipinski definition) is 8. The van der Waals surface area contributed by atoms with Gasteiger partial charge in [0.1, 0.15) is 0 Å². The summed E-state index contributed by atoms with van der Waals surface area (Å²) in [6.07, 6.45) is 6.91. The summed E-state index contributed by atoms with van der Waals surface area (Å²) in [6, 6.07) is 5.34. The molecule has 2 N–H and O–H groups in total. The van der Waals surface area contributed by atoms with Crippen molar-refractivity contribution in [2.45, 2.75) is 26.4 Å². The lowest BCUT2D eigenvalue weighted by atomic mass is 10.1. The average molecular weight is 518 g/mol. The number of nitrogens with zero attached hydrogens (tertiary/aromatic N) is 7. The maximum atomic E-state index is 13.1. The van der Waals surface area contributed by atoms with E-state index in [2.05, 4.69) is 49.7 Å². The normalized spacial score (nSPS) is 15.5. The third-order valence-corrected chi connectivity index (χ3v) is 6.47. The molecule has 1 aliphatic heterocycles. The van der Waals surface area contributed by atoms with E-state index in [0.29, 0.717) is 35.7 Å². The number of nitrogens with one attached hydrogen (secondary N) is 2. The first-order chi connectivity index (χ1) is 18.2. The molecule has 0 bridgehead atoms. The van der Waals surface area contributed by atoms with E-state index in [9.17, 15) is 9.59 Å². The molecule has 0 saturated carbocycles. The van der Waals surface area contributed by atoms with Gasteiger partial charge in [-0.15, -0.1) is 10.2 Å². The van der Waals surface area contributed by atoms with Crippen LogP contribution in [0.4, 0.5) is 5.69 Å². The monoisotopic (exact) mass is 517 g/mol. The van der Waals surface area contributed by atoms with Gasteiger partial charge in [-0.25, -0.2) is 0 Å². The lowest BCUT2D eigenvalue weighted by molar-refractivity contribution is -0.0853. The number of carbonyl (C=O) groups is 2. The lowest BCUT2D eigenvalue weighted by Gasteiger charge is -2.38. The van der Waals surface area contributed by atoms with E-state index in [-0.39, 0.29) is 17.3 Å². The zero-order chi connectivity index (χ0) is 26.9. The van der Waals surface area contributed by atoms with Crippen LogP contribution in [0.1, 0.15) is 40.5 Å². The molecule has 0 aliphatic carbocycles. The highest BCUT2D eigenvalue weighted by molar-refractivity contribution is 6.03. The number of aryl methyl sites for hydroxylation is 2. The molecule has 0 spiro atoms. The number of rotatable bonds is 7. The van der Waals surface area contributed by atoms with Gasteiger partial charge in [-0.05, 0) is 44.5 Å². The third-order valence-electron chi connectivity index (χ3n) is 6.47. The van der Waals surface area contributed by atoms with E-state index in [4.69, 9.17) is 4.74 Å². The molecule has 5 rings (SSSR count). The number of fused-ring (bicyclic) bond motifs is 1. The smallest absolute Gasteiger partial charge is 0.294 e. The summed E-state index contributed by atoms with van der Waals surface area (Å²) in [5, 5.41) is 18.2. The molecule has 2 amide bonds. The molecule has 1 fully saturated rings. The Morgan fingerprint density at radius 1 is 1.13 bits per heavy atom. The number of morpholine rings is 1. The number of pyridine rings is 2. The molecule has 5 heterocycles. The van der Waals surface area contributed by atoms with Crippen LogP contribution in [0.15, 0.2) is 43.0 Å². The maximum Gasteiger partial charge on any atom is 0.294 e. The van der Waals surface area contributed by atoms with Gasteiger partial charge < -0.3 is 15.4 Å². The molecule has 38 heavy (non-hydrogen) atoms. The largest absolute Gasteiger partial charge is 0.373 e. The predicted molar refractivity (Wildman–Crippen MR) is 141 cm³/mol. The van der Waals surface area contributed by atoms with Crippen LogP contribution in [0.5, 0.6) is 0 Å². The Bertz CT molecular complexity index is 1490. The number of hydrogen-bond donors (Lipinski definition) is 2. The molecule has 0 radical (unpaired) electrons. The molecule has 1 aliphatic rings. The first-order valence-electron chi connectivity index (χ1n) is 12.4. The second-order valence-electron chi connectivity index (χ2n) is 10.0. The molecule has 1 saturated heterocycles. The van der Waals surface area contributed by atoms with E-state index < -0.39 is 5.91 Å². The van der Waals surface area contributed by atoms with Crippen molar-refractivity contribution in [2.24, 2.45) is 7.05 Å². The molecule has 4 aromatic rings. The van der Waals surface area contributed by atoms with Crippen LogP contribution in [0, 0.1) is 6.92 Å². The Hall–Kier alpha value is -4.16. The highest BCUT2D eigenvalue weighted by atomic mass is 16.5. The van der Waals surface area contributed by atoms with Gasteiger partial charge in [0.05, 0.1) is 35.3 Å². The molecule has 12 heteroatoms. The van der Waals surface area contributed by atoms with Gasteiger partial charge in [-0.2, -0.15) is 5.10 Å². The standard InChI is InChI=1S/C26H31N9O3/c1-17-21(11-19(13-28-17)24(36)27-6-8-34-9-10-38-26(2,3)16-34)30-25(37)23-32-31-22-12-18(5-7-35(22)23)20-14-29-33(4)15-20/h5,7,11-15H,6,8-10,16H2,1-4H3,(H,27,36)(H,30,37). The number of aromatic nitrogens is 6. The maximum absolute atomic E-state index is 13.1. The first-order valence-corrected chi connectivity index (χ1v) is 12.4. The summed E-state index contributed by atoms with van der Waals surface area (Å²) < 4.78 is 9.07. The van der Waals surface area contributed by atoms with Crippen LogP contribution < -0.4 is 10.6 Å². The fourth-order valence-corrected chi connectivity index (χ4v) is 4.49. The van der Waals surface area contributed by atoms with E-state index in [0.717, 1.165) is 30.8 Å². The summed E-state index contributed by atoms with van der Waals surface area (Å²) in [6.45, 7) is 9.44. The number of anilines is 1. The number of amides is 2. The Morgan fingerprint density at radius 3 is 2.74 bits per heavy atom. The van der Waals surface area contributed by atoms with Gasteiger partial charge in [0.2, 0.25) is 5.82 Å². The van der Waals surface area contributed by atoms with Crippen molar-refractivity contribution in [3.05, 3.63) is 60.1 Å². The van der Waals surface area contributed by atoms with Gasteiger partial charge >= 0.3 is 0 Å². The Morgan fingerprint density at radius 2 is 1.97 bits per heavy atom. The zero-order valence-electron chi connectivity index (χ0n) is 21.9. The summed E-state index contributed by atoms with van der Waals surface area (Å²) in [4.78, 5) is 32.4. The second-order valence-corrected chi connectivity index (χ2v) is 10.0. The molecular weight excluding hydrogens is 486 g/mol. The van der Waals surface area contributed by atoms with Crippen molar-refractivity contribution in [3.8, 4) is 11.1 Å². The predicted octanol–water partition coefficient (Wildman–Crippen LogP) is 1.93. The van der Waals surface area contributed by atoms with Crippen molar-refractivity contribution >= 4 is 23.1 Å². The lowest BCUT2D eigenvalue weighted by Crippen LogP contribution is -2.50. The summed E-state index contributed by atoms with van der Waals surface area (Å²) in [5.74, 6) is -0.583. The van der Waals surface area contributed by atoms with Crippen molar-refractivity contribution in [3.63, 3.8) is 0 Å². The van der Waals surface area contributed by atoms with Crippen LogP contribution in [0.25, 0.3) is 16.8 Å². The minimum absolute atomic E-state index is 0.125. The summed E-state index contributed by atoms with van der Waals surface area (Å²) in [5.41, 5.74) is 3.58. The molecule has 0 unspecified atom stereocenters.